The van der Waals surface area contributed by atoms with E-state index in [-0.39, 0.29) is 29.1 Å². The summed E-state index contributed by atoms with van der Waals surface area (Å²) in [6.45, 7) is 3.92. The number of rotatable bonds is 0. The first-order chi connectivity index (χ1) is 14.3. The predicted molar refractivity (Wildman–Crippen MR) is 109 cm³/mol. The first-order valence-electron chi connectivity index (χ1n) is 11.3. The van der Waals surface area contributed by atoms with Gasteiger partial charge in [-0.15, -0.1) is 0 Å². The van der Waals surface area contributed by atoms with E-state index in [1.54, 1.807) is 0 Å². The first-order valence-corrected chi connectivity index (χ1v) is 11.3. The van der Waals surface area contributed by atoms with Crippen molar-refractivity contribution in [1.82, 2.24) is 4.98 Å². The molecule has 6 heteroatoms. The Morgan fingerprint density at radius 2 is 1.73 bits per heavy atom. The molecule has 6 aliphatic rings. The Balaban J connectivity index is 1.48. The molecule has 2 aromatic rings. The highest BCUT2D eigenvalue weighted by atomic mass is 16.8. The van der Waals surface area contributed by atoms with E-state index in [0.717, 1.165) is 23.1 Å². The summed E-state index contributed by atoms with van der Waals surface area (Å²) in [5, 5.41) is 11.0. The smallest absolute Gasteiger partial charge is 0.252 e. The highest BCUT2D eigenvalue weighted by Crippen LogP contribution is 2.66. The molecule has 4 saturated carbocycles. The summed E-state index contributed by atoms with van der Waals surface area (Å²) < 4.78 is 20.1. The van der Waals surface area contributed by atoms with Crippen molar-refractivity contribution in [2.24, 2.45) is 23.7 Å². The third-order valence-electron chi connectivity index (χ3n) is 8.52. The van der Waals surface area contributed by atoms with Gasteiger partial charge in [-0.2, -0.15) is 0 Å². The van der Waals surface area contributed by atoms with E-state index in [4.69, 9.17) is 14.2 Å². The predicted octanol–water partition coefficient (Wildman–Crippen LogP) is 4.01. The van der Waals surface area contributed by atoms with Crippen molar-refractivity contribution in [1.29, 1.82) is 0 Å². The zero-order chi connectivity index (χ0) is 20.4. The molecule has 0 radical (unpaired) electrons. The number of pyridine rings is 1. The number of hydrogen-bond acceptors (Lipinski definition) is 5. The molecule has 6 nitrogen and oxygen atoms in total. The molecule has 8 rings (SSSR count). The summed E-state index contributed by atoms with van der Waals surface area (Å²) in [6, 6.07) is 4.99. The normalized spacial score (nSPS) is 42.3. The fourth-order valence-electron chi connectivity index (χ4n) is 7.78. The lowest BCUT2D eigenvalue weighted by Crippen LogP contribution is -2.68. The number of benzene rings is 1. The van der Waals surface area contributed by atoms with Gasteiger partial charge in [0.05, 0.1) is 11.1 Å². The summed E-state index contributed by atoms with van der Waals surface area (Å²) in [6.07, 6.45) is 5.66. The zero-order valence-corrected chi connectivity index (χ0v) is 17.3. The maximum Gasteiger partial charge on any atom is 0.252 e. The SMILES string of the molecule is CC1(C)O[C@@H]2c3c(ccc4c(O)cc(=O)[nH]c34)OC3(C4CC5CC(C4)CC3C5)[C@@H]2O1. The molecule has 4 bridgehead atoms. The first kappa shape index (κ1) is 17.6. The Morgan fingerprint density at radius 1 is 1.03 bits per heavy atom. The topological polar surface area (TPSA) is 80.8 Å². The van der Waals surface area contributed by atoms with Crippen LogP contribution in [0.5, 0.6) is 11.5 Å². The van der Waals surface area contributed by atoms with Crippen molar-refractivity contribution < 1.29 is 19.3 Å². The van der Waals surface area contributed by atoms with Gasteiger partial charge in [-0.1, -0.05) is 0 Å². The molecule has 1 aromatic heterocycles. The highest BCUT2D eigenvalue weighted by Gasteiger charge is 2.69. The molecular weight excluding hydrogens is 382 g/mol. The monoisotopic (exact) mass is 409 g/mol. The van der Waals surface area contributed by atoms with Gasteiger partial charge in [0.15, 0.2) is 5.79 Å². The van der Waals surface area contributed by atoms with Crippen molar-refractivity contribution in [3.05, 3.63) is 34.1 Å². The van der Waals surface area contributed by atoms with Crippen LogP contribution in [0.2, 0.25) is 0 Å². The van der Waals surface area contributed by atoms with Gasteiger partial charge in [0.2, 0.25) is 0 Å². The van der Waals surface area contributed by atoms with E-state index in [0.29, 0.717) is 22.7 Å². The molecule has 3 heterocycles. The number of fused-ring (bicyclic) bond motifs is 5. The maximum absolute atomic E-state index is 12.2. The quantitative estimate of drug-likeness (QED) is 0.687. The number of H-pyrrole nitrogens is 1. The van der Waals surface area contributed by atoms with Gasteiger partial charge in [0.25, 0.3) is 5.56 Å². The molecule has 1 saturated heterocycles. The molecule has 1 spiro atoms. The lowest BCUT2D eigenvalue weighted by atomic mass is 9.47. The Hall–Kier alpha value is -2.05. The second-order valence-electron chi connectivity index (χ2n) is 10.7. The Bertz CT molecular complexity index is 1110. The van der Waals surface area contributed by atoms with Crippen LogP contribution in [-0.4, -0.2) is 27.6 Å². The van der Waals surface area contributed by atoms with Crippen molar-refractivity contribution in [2.45, 2.75) is 69.5 Å². The molecule has 1 aromatic carbocycles. The average Bonchev–Trinajstić information content (AvgIpc) is 3.00. The summed E-state index contributed by atoms with van der Waals surface area (Å²) in [5.41, 5.74) is 0.685. The molecule has 2 N–H and O–H groups in total. The lowest BCUT2D eigenvalue weighted by molar-refractivity contribution is -0.232. The summed E-state index contributed by atoms with van der Waals surface area (Å²) in [5.74, 6) is 2.60. The van der Waals surface area contributed by atoms with Gasteiger partial charge in [-0.25, -0.2) is 0 Å². The number of aromatic hydroxyl groups is 1. The zero-order valence-electron chi connectivity index (χ0n) is 17.3. The van der Waals surface area contributed by atoms with Gasteiger partial charge >= 0.3 is 0 Å². The minimum Gasteiger partial charge on any atom is -0.507 e. The molecule has 0 unspecified atom stereocenters. The van der Waals surface area contributed by atoms with Crippen LogP contribution in [0.3, 0.4) is 0 Å². The van der Waals surface area contributed by atoms with Crippen molar-refractivity contribution >= 4 is 10.9 Å². The van der Waals surface area contributed by atoms with Crippen LogP contribution >= 0.6 is 0 Å². The lowest BCUT2D eigenvalue weighted by Gasteiger charge is -2.63. The molecule has 2 aliphatic heterocycles. The van der Waals surface area contributed by atoms with E-state index in [1.165, 1.54) is 38.2 Å². The Labute approximate surface area is 174 Å². The van der Waals surface area contributed by atoms with Crippen LogP contribution in [0, 0.1) is 23.7 Å². The van der Waals surface area contributed by atoms with Crippen LogP contribution in [0.4, 0.5) is 0 Å². The van der Waals surface area contributed by atoms with E-state index >= 15 is 0 Å². The number of aromatic nitrogens is 1. The largest absolute Gasteiger partial charge is 0.507 e. The molecule has 158 valence electrons. The standard InChI is InChI=1S/C24H27NO5/c1-23(2)29-21-19-17(4-3-15-16(26)10-18(27)25-20(15)19)28-24(22(21)30-23)13-6-11-5-12(8-13)9-14(24)7-11/h3-4,10-14,21-22H,5-9H2,1-2H3,(H2,25,26,27)/t11?,12?,13?,14?,21-,22-,24?/m1/s1. The summed E-state index contributed by atoms with van der Waals surface area (Å²) in [4.78, 5) is 15.1. The maximum atomic E-state index is 12.2. The molecule has 30 heavy (non-hydrogen) atoms. The third kappa shape index (κ3) is 2.09. The summed E-state index contributed by atoms with van der Waals surface area (Å²) >= 11 is 0. The van der Waals surface area contributed by atoms with Gasteiger partial charge in [0, 0.05) is 23.3 Å². The van der Waals surface area contributed by atoms with Gasteiger partial charge < -0.3 is 24.3 Å². The fraction of sp³-hybridized carbons (Fsp3) is 0.625. The molecule has 0 amide bonds. The van der Waals surface area contributed by atoms with E-state index in [1.807, 2.05) is 26.0 Å². The van der Waals surface area contributed by atoms with Crippen LogP contribution in [0.15, 0.2) is 23.0 Å². The number of nitrogens with one attached hydrogen (secondary N) is 1. The molecule has 5 fully saturated rings. The molecular formula is C24H27NO5. The van der Waals surface area contributed by atoms with Crippen LogP contribution in [-0.2, 0) is 9.47 Å². The van der Waals surface area contributed by atoms with Gasteiger partial charge in [-0.3, -0.25) is 4.79 Å². The Kier molecular flexibility index (Phi) is 3.17. The van der Waals surface area contributed by atoms with E-state index < -0.39 is 5.79 Å². The van der Waals surface area contributed by atoms with E-state index in [2.05, 4.69) is 4.98 Å². The number of ether oxygens (including phenoxy) is 3. The van der Waals surface area contributed by atoms with E-state index in [9.17, 15) is 9.90 Å². The molecule has 4 aliphatic carbocycles. The third-order valence-corrected chi connectivity index (χ3v) is 8.52. The van der Waals surface area contributed by atoms with Crippen LogP contribution in [0.1, 0.15) is 57.6 Å². The average molecular weight is 409 g/mol. The minimum atomic E-state index is -0.735. The van der Waals surface area contributed by atoms with Gasteiger partial charge in [-0.05, 0) is 69.9 Å². The minimum absolute atomic E-state index is 0.0267. The fourth-order valence-corrected chi connectivity index (χ4v) is 7.78. The van der Waals surface area contributed by atoms with Crippen LogP contribution in [0.25, 0.3) is 10.9 Å². The Morgan fingerprint density at radius 3 is 2.43 bits per heavy atom. The second-order valence-corrected chi connectivity index (χ2v) is 10.7. The van der Waals surface area contributed by atoms with Crippen molar-refractivity contribution in [3.8, 4) is 11.5 Å². The highest BCUT2D eigenvalue weighted by molar-refractivity contribution is 5.89. The summed E-state index contributed by atoms with van der Waals surface area (Å²) in [7, 11) is 0. The number of aromatic amines is 1. The van der Waals surface area contributed by atoms with Crippen LogP contribution < -0.4 is 10.3 Å². The van der Waals surface area contributed by atoms with Gasteiger partial charge in [0.1, 0.15) is 29.3 Å². The van der Waals surface area contributed by atoms with Crippen molar-refractivity contribution in [2.75, 3.05) is 0 Å². The van der Waals surface area contributed by atoms with Crippen molar-refractivity contribution in [3.63, 3.8) is 0 Å². The number of hydrogen-bond donors (Lipinski definition) is 2. The molecule has 2 atom stereocenters. The second kappa shape index (κ2) is 5.40.